The summed E-state index contributed by atoms with van der Waals surface area (Å²) >= 11 is 1.73. The van der Waals surface area contributed by atoms with Crippen LogP contribution in [0.2, 0.25) is 0 Å². The molecule has 0 bridgehead atoms. The van der Waals surface area contributed by atoms with Gasteiger partial charge in [-0.05, 0) is 25.3 Å². The van der Waals surface area contributed by atoms with E-state index in [1.54, 1.807) is 11.3 Å². The van der Waals surface area contributed by atoms with Crippen LogP contribution in [-0.4, -0.2) is 29.0 Å². The fourth-order valence-corrected chi connectivity index (χ4v) is 3.87. The molecule has 1 aliphatic rings. The summed E-state index contributed by atoms with van der Waals surface area (Å²) in [5, 5.41) is 3.30. The van der Waals surface area contributed by atoms with E-state index >= 15 is 0 Å². The van der Waals surface area contributed by atoms with Gasteiger partial charge in [0, 0.05) is 30.1 Å². The van der Waals surface area contributed by atoms with Gasteiger partial charge in [0.15, 0.2) is 0 Å². The summed E-state index contributed by atoms with van der Waals surface area (Å²) in [6.07, 6.45) is 2.48. The molecule has 0 amide bonds. The molecule has 0 aliphatic carbocycles. The zero-order valence-electron chi connectivity index (χ0n) is 12.5. The lowest BCUT2D eigenvalue weighted by molar-refractivity contribution is 0.114. The van der Waals surface area contributed by atoms with Crippen molar-refractivity contribution in [2.75, 3.05) is 13.1 Å². The number of hydrogen-bond donors (Lipinski definition) is 1. The molecule has 0 radical (unpaired) electrons. The van der Waals surface area contributed by atoms with E-state index in [0.717, 1.165) is 30.6 Å². The second kappa shape index (κ2) is 6.69. The first-order valence-electron chi connectivity index (χ1n) is 7.70. The van der Waals surface area contributed by atoms with Crippen LogP contribution in [0.1, 0.15) is 25.5 Å². The smallest absolute Gasteiger partial charge is 0.123 e. The van der Waals surface area contributed by atoms with Crippen molar-refractivity contribution in [2.45, 2.75) is 32.4 Å². The number of hydrogen-bond acceptors (Lipinski definition) is 4. The standard InChI is InChI=1S/C17H23N3S/c1-13-7-8-20(16(9-13)10-18)11-15-12-21-17(19-15)14-5-3-2-4-6-14/h2-6,12-13,16H,7-11,18H2,1H3. The molecule has 3 rings (SSSR count). The number of piperidine rings is 1. The molecule has 21 heavy (non-hydrogen) atoms. The van der Waals surface area contributed by atoms with Gasteiger partial charge in [0.25, 0.3) is 0 Å². The predicted molar refractivity (Wildman–Crippen MR) is 89.2 cm³/mol. The van der Waals surface area contributed by atoms with Crippen LogP contribution in [0, 0.1) is 5.92 Å². The molecule has 1 saturated heterocycles. The summed E-state index contributed by atoms with van der Waals surface area (Å²) in [5.41, 5.74) is 8.32. The van der Waals surface area contributed by atoms with Crippen molar-refractivity contribution in [1.29, 1.82) is 0 Å². The summed E-state index contributed by atoms with van der Waals surface area (Å²) in [6, 6.07) is 10.9. The third-order valence-electron chi connectivity index (χ3n) is 4.31. The topological polar surface area (TPSA) is 42.2 Å². The van der Waals surface area contributed by atoms with E-state index in [1.165, 1.54) is 24.1 Å². The zero-order chi connectivity index (χ0) is 14.7. The molecular formula is C17H23N3S. The van der Waals surface area contributed by atoms with Gasteiger partial charge >= 0.3 is 0 Å². The van der Waals surface area contributed by atoms with Crippen molar-refractivity contribution >= 4 is 11.3 Å². The van der Waals surface area contributed by atoms with Crippen LogP contribution >= 0.6 is 11.3 Å². The van der Waals surface area contributed by atoms with Gasteiger partial charge in [-0.15, -0.1) is 11.3 Å². The van der Waals surface area contributed by atoms with E-state index in [-0.39, 0.29) is 0 Å². The maximum atomic E-state index is 5.95. The number of aromatic nitrogens is 1. The zero-order valence-corrected chi connectivity index (χ0v) is 13.4. The fraction of sp³-hybridized carbons (Fsp3) is 0.471. The van der Waals surface area contributed by atoms with Gasteiger partial charge in [0.2, 0.25) is 0 Å². The maximum Gasteiger partial charge on any atom is 0.123 e. The molecular weight excluding hydrogens is 278 g/mol. The highest BCUT2D eigenvalue weighted by atomic mass is 32.1. The first kappa shape index (κ1) is 14.7. The van der Waals surface area contributed by atoms with E-state index in [1.807, 2.05) is 6.07 Å². The van der Waals surface area contributed by atoms with Gasteiger partial charge in [-0.25, -0.2) is 4.98 Å². The van der Waals surface area contributed by atoms with Crippen molar-refractivity contribution < 1.29 is 0 Å². The number of rotatable bonds is 4. The van der Waals surface area contributed by atoms with Crippen LogP contribution in [0.3, 0.4) is 0 Å². The monoisotopic (exact) mass is 301 g/mol. The van der Waals surface area contributed by atoms with Crippen molar-refractivity contribution in [3.63, 3.8) is 0 Å². The number of thiazole rings is 1. The van der Waals surface area contributed by atoms with E-state index in [4.69, 9.17) is 10.7 Å². The predicted octanol–water partition coefficient (Wildman–Crippen LogP) is 3.37. The quantitative estimate of drug-likeness (QED) is 0.941. The van der Waals surface area contributed by atoms with Gasteiger partial charge in [0.1, 0.15) is 5.01 Å². The Balaban J connectivity index is 1.69. The molecule has 4 heteroatoms. The van der Waals surface area contributed by atoms with Crippen LogP contribution < -0.4 is 5.73 Å². The van der Waals surface area contributed by atoms with E-state index in [0.29, 0.717) is 6.04 Å². The third-order valence-corrected chi connectivity index (χ3v) is 5.25. The molecule has 1 aromatic carbocycles. The number of nitrogens with two attached hydrogens (primary N) is 1. The normalized spacial score (nSPS) is 23.3. The minimum absolute atomic E-state index is 0.510. The van der Waals surface area contributed by atoms with Crippen molar-refractivity contribution in [3.05, 3.63) is 41.4 Å². The van der Waals surface area contributed by atoms with Gasteiger partial charge in [-0.2, -0.15) is 0 Å². The van der Waals surface area contributed by atoms with Crippen molar-refractivity contribution in [1.82, 2.24) is 9.88 Å². The molecule has 112 valence electrons. The van der Waals surface area contributed by atoms with Gasteiger partial charge in [-0.3, -0.25) is 4.90 Å². The highest BCUT2D eigenvalue weighted by Crippen LogP contribution is 2.27. The molecule has 2 aromatic rings. The Morgan fingerprint density at radius 1 is 1.33 bits per heavy atom. The fourth-order valence-electron chi connectivity index (χ4n) is 3.05. The Hall–Kier alpha value is -1.23. The summed E-state index contributed by atoms with van der Waals surface area (Å²) in [5.74, 6) is 0.796. The molecule has 2 unspecified atom stereocenters. The Morgan fingerprint density at radius 2 is 2.14 bits per heavy atom. The first-order chi connectivity index (χ1) is 10.3. The van der Waals surface area contributed by atoms with E-state index in [9.17, 15) is 0 Å². The molecule has 2 atom stereocenters. The molecule has 3 nitrogen and oxygen atoms in total. The number of benzene rings is 1. The van der Waals surface area contributed by atoms with Crippen LogP contribution in [0.5, 0.6) is 0 Å². The summed E-state index contributed by atoms with van der Waals surface area (Å²) in [4.78, 5) is 7.30. The second-order valence-corrected chi connectivity index (χ2v) is 6.86. The molecule has 2 N–H and O–H groups in total. The Morgan fingerprint density at radius 3 is 2.90 bits per heavy atom. The van der Waals surface area contributed by atoms with Gasteiger partial charge < -0.3 is 5.73 Å². The van der Waals surface area contributed by atoms with Gasteiger partial charge in [0.05, 0.1) is 5.69 Å². The Bertz CT molecular complexity index is 566. The maximum absolute atomic E-state index is 5.95. The number of nitrogens with zero attached hydrogens (tertiary/aromatic N) is 2. The lowest BCUT2D eigenvalue weighted by Crippen LogP contribution is -2.45. The summed E-state index contributed by atoms with van der Waals surface area (Å²) in [6.45, 7) is 5.15. The molecule has 0 spiro atoms. The van der Waals surface area contributed by atoms with E-state index in [2.05, 4.69) is 41.5 Å². The van der Waals surface area contributed by atoms with Crippen LogP contribution in [0.15, 0.2) is 35.7 Å². The molecule has 1 aliphatic heterocycles. The third kappa shape index (κ3) is 3.51. The van der Waals surface area contributed by atoms with E-state index < -0.39 is 0 Å². The highest BCUT2D eigenvalue weighted by Gasteiger charge is 2.25. The lowest BCUT2D eigenvalue weighted by atomic mass is 9.92. The largest absolute Gasteiger partial charge is 0.329 e. The van der Waals surface area contributed by atoms with Crippen LogP contribution in [0.4, 0.5) is 0 Å². The molecule has 1 fully saturated rings. The molecule has 1 aromatic heterocycles. The molecule has 2 heterocycles. The highest BCUT2D eigenvalue weighted by molar-refractivity contribution is 7.13. The summed E-state index contributed by atoms with van der Waals surface area (Å²) in [7, 11) is 0. The Labute approximate surface area is 130 Å². The lowest BCUT2D eigenvalue weighted by Gasteiger charge is -2.37. The van der Waals surface area contributed by atoms with Crippen LogP contribution in [0.25, 0.3) is 10.6 Å². The molecule has 0 saturated carbocycles. The number of likely N-dealkylation sites (tertiary alicyclic amines) is 1. The Kier molecular flexibility index (Phi) is 4.68. The van der Waals surface area contributed by atoms with Crippen molar-refractivity contribution in [2.24, 2.45) is 11.7 Å². The van der Waals surface area contributed by atoms with Crippen molar-refractivity contribution in [3.8, 4) is 10.6 Å². The minimum Gasteiger partial charge on any atom is -0.329 e. The van der Waals surface area contributed by atoms with Crippen LogP contribution in [-0.2, 0) is 6.54 Å². The minimum atomic E-state index is 0.510. The second-order valence-electron chi connectivity index (χ2n) is 6.00. The average Bonchev–Trinajstić information content (AvgIpc) is 2.98. The summed E-state index contributed by atoms with van der Waals surface area (Å²) < 4.78 is 0. The van der Waals surface area contributed by atoms with Gasteiger partial charge in [-0.1, -0.05) is 37.3 Å². The first-order valence-corrected chi connectivity index (χ1v) is 8.58. The average molecular weight is 301 g/mol. The SMILES string of the molecule is CC1CCN(Cc2csc(-c3ccccc3)n2)C(CN)C1.